The zero-order valence-electron chi connectivity index (χ0n) is 15.1. The summed E-state index contributed by atoms with van der Waals surface area (Å²) in [6.07, 6.45) is 0.236. The molecule has 0 radical (unpaired) electrons. The van der Waals surface area contributed by atoms with Crippen LogP contribution in [-0.2, 0) is 9.59 Å². The number of carbonyl (C=O) groups excluding carboxylic acids is 2. The first kappa shape index (κ1) is 17.1. The van der Waals surface area contributed by atoms with Gasteiger partial charge in [-0.1, -0.05) is 48.5 Å². The standard InChI is InChI=1S/C22H20N2O3/c1-23(18-11-6-8-16-7-2-3-9-17(16)18)21(25)13-14-24-19-10-4-5-12-20(19)27-15-22(24)26/h2-12H,13-15H2,1H3. The Morgan fingerprint density at radius 2 is 1.78 bits per heavy atom. The van der Waals surface area contributed by atoms with Crippen molar-refractivity contribution in [1.82, 2.24) is 0 Å². The number of benzene rings is 3. The minimum Gasteiger partial charge on any atom is -0.482 e. The Morgan fingerprint density at radius 3 is 2.67 bits per heavy atom. The lowest BCUT2D eigenvalue weighted by atomic mass is 10.1. The molecule has 136 valence electrons. The Bertz CT molecular complexity index is 1010. The van der Waals surface area contributed by atoms with Crippen LogP contribution in [0.4, 0.5) is 11.4 Å². The van der Waals surface area contributed by atoms with Gasteiger partial charge in [0.05, 0.1) is 11.4 Å². The summed E-state index contributed by atoms with van der Waals surface area (Å²) in [6, 6.07) is 21.3. The van der Waals surface area contributed by atoms with Crippen LogP contribution in [0.1, 0.15) is 6.42 Å². The fourth-order valence-corrected chi connectivity index (χ4v) is 3.41. The third kappa shape index (κ3) is 3.24. The van der Waals surface area contributed by atoms with Crippen LogP contribution in [0.25, 0.3) is 10.8 Å². The predicted octanol–water partition coefficient (Wildman–Crippen LogP) is 3.62. The highest BCUT2D eigenvalue weighted by Gasteiger charge is 2.26. The van der Waals surface area contributed by atoms with Crippen LogP contribution in [0.3, 0.4) is 0 Å². The summed E-state index contributed by atoms with van der Waals surface area (Å²) in [6.45, 7) is 0.331. The fraction of sp³-hybridized carbons (Fsp3) is 0.182. The van der Waals surface area contributed by atoms with E-state index in [9.17, 15) is 9.59 Å². The molecule has 3 aromatic rings. The monoisotopic (exact) mass is 360 g/mol. The second-order valence-electron chi connectivity index (χ2n) is 6.50. The van der Waals surface area contributed by atoms with Crippen LogP contribution in [0.2, 0.25) is 0 Å². The van der Waals surface area contributed by atoms with Crippen molar-refractivity contribution in [2.75, 3.05) is 30.0 Å². The minimum atomic E-state index is -0.130. The molecule has 5 nitrogen and oxygen atoms in total. The van der Waals surface area contributed by atoms with Gasteiger partial charge in [-0.05, 0) is 23.6 Å². The Morgan fingerprint density at radius 1 is 1.04 bits per heavy atom. The molecule has 1 aliphatic heterocycles. The lowest BCUT2D eigenvalue weighted by Crippen LogP contribution is -2.41. The smallest absolute Gasteiger partial charge is 0.265 e. The van der Waals surface area contributed by atoms with Gasteiger partial charge in [-0.25, -0.2) is 0 Å². The molecule has 0 spiro atoms. The first-order chi connectivity index (χ1) is 13.1. The summed E-state index contributed by atoms with van der Waals surface area (Å²) >= 11 is 0. The summed E-state index contributed by atoms with van der Waals surface area (Å²) < 4.78 is 5.45. The average Bonchev–Trinajstić information content (AvgIpc) is 2.72. The molecule has 3 aromatic carbocycles. The van der Waals surface area contributed by atoms with E-state index in [-0.39, 0.29) is 24.8 Å². The number of ether oxygens (including phenoxy) is 1. The third-order valence-electron chi connectivity index (χ3n) is 4.86. The number of fused-ring (bicyclic) bond motifs is 2. The van der Waals surface area contributed by atoms with Gasteiger partial charge in [0.25, 0.3) is 5.91 Å². The van der Waals surface area contributed by atoms with Crippen molar-refractivity contribution in [1.29, 1.82) is 0 Å². The lowest BCUT2D eigenvalue weighted by Gasteiger charge is -2.29. The molecule has 0 N–H and O–H groups in total. The van der Waals surface area contributed by atoms with Gasteiger partial charge in [0, 0.05) is 25.4 Å². The number of hydrogen-bond acceptors (Lipinski definition) is 3. The SMILES string of the molecule is CN(C(=O)CCN1C(=O)COc2ccccc21)c1cccc2ccccc12. The quantitative estimate of drug-likeness (QED) is 0.714. The zero-order chi connectivity index (χ0) is 18.8. The van der Waals surface area contributed by atoms with Crippen molar-refractivity contribution in [3.63, 3.8) is 0 Å². The van der Waals surface area contributed by atoms with Gasteiger partial charge >= 0.3 is 0 Å². The Balaban J connectivity index is 1.52. The second kappa shape index (κ2) is 7.11. The molecular weight excluding hydrogens is 340 g/mol. The van der Waals surface area contributed by atoms with E-state index in [2.05, 4.69) is 0 Å². The minimum absolute atomic E-state index is 0.00433. The van der Waals surface area contributed by atoms with Crippen molar-refractivity contribution in [3.8, 4) is 5.75 Å². The first-order valence-corrected chi connectivity index (χ1v) is 8.91. The Kier molecular flexibility index (Phi) is 4.50. The molecule has 5 heteroatoms. The number of nitrogens with zero attached hydrogens (tertiary/aromatic N) is 2. The molecule has 0 unspecified atom stereocenters. The van der Waals surface area contributed by atoms with Crippen LogP contribution in [-0.4, -0.2) is 32.0 Å². The number of carbonyl (C=O) groups is 2. The van der Waals surface area contributed by atoms with Crippen LogP contribution in [0.5, 0.6) is 5.75 Å². The molecule has 0 saturated heterocycles. The molecule has 1 heterocycles. The van der Waals surface area contributed by atoms with Crippen LogP contribution >= 0.6 is 0 Å². The number of anilines is 2. The normalized spacial score (nSPS) is 13.2. The van der Waals surface area contributed by atoms with E-state index < -0.39 is 0 Å². The van der Waals surface area contributed by atoms with E-state index in [1.807, 2.05) is 66.7 Å². The van der Waals surface area contributed by atoms with Gasteiger partial charge in [0.1, 0.15) is 5.75 Å². The van der Waals surface area contributed by atoms with Crippen molar-refractivity contribution in [2.24, 2.45) is 0 Å². The molecule has 0 fully saturated rings. The Labute approximate surface area is 157 Å². The molecule has 27 heavy (non-hydrogen) atoms. The summed E-state index contributed by atoms with van der Waals surface area (Å²) in [5.41, 5.74) is 1.58. The van der Waals surface area contributed by atoms with Crippen LogP contribution in [0.15, 0.2) is 66.7 Å². The number of rotatable bonds is 4. The van der Waals surface area contributed by atoms with Crippen molar-refractivity contribution >= 4 is 34.0 Å². The Hall–Kier alpha value is -3.34. The van der Waals surface area contributed by atoms with Gasteiger partial charge in [-0.3, -0.25) is 9.59 Å². The summed E-state index contributed by atoms with van der Waals surface area (Å²) in [5, 5.41) is 2.12. The molecular formula is C22H20N2O3. The van der Waals surface area contributed by atoms with Crippen LogP contribution in [0, 0.1) is 0 Å². The van der Waals surface area contributed by atoms with E-state index in [0.717, 1.165) is 22.1 Å². The first-order valence-electron chi connectivity index (χ1n) is 8.91. The molecule has 0 aromatic heterocycles. The van der Waals surface area contributed by atoms with Crippen molar-refractivity contribution in [2.45, 2.75) is 6.42 Å². The topological polar surface area (TPSA) is 49.9 Å². The van der Waals surface area contributed by atoms with Crippen molar-refractivity contribution in [3.05, 3.63) is 66.7 Å². The number of hydrogen-bond donors (Lipinski definition) is 0. The lowest BCUT2D eigenvalue weighted by molar-refractivity contribution is -0.121. The van der Waals surface area contributed by atoms with Gasteiger partial charge in [-0.2, -0.15) is 0 Å². The molecule has 0 aliphatic carbocycles. The van der Waals surface area contributed by atoms with Gasteiger partial charge < -0.3 is 14.5 Å². The molecule has 0 bridgehead atoms. The number of para-hydroxylation sites is 2. The fourth-order valence-electron chi connectivity index (χ4n) is 3.41. The molecule has 2 amide bonds. The van der Waals surface area contributed by atoms with Gasteiger partial charge in [0.15, 0.2) is 6.61 Å². The van der Waals surface area contributed by atoms with E-state index in [4.69, 9.17) is 4.74 Å². The van der Waals surface area contributed by atoms with Gasteiger partial charge in [-0.15, -0.1) is 0 Å². The molecule has 0 atom stereocenters. The summed E-state index contributed by atoms with van der Waals surface area (Å²) in [5.74, 6) is 0.504. The zero-order valence-corrected chi connectivity index (χ0v) is 15.1. The predicted molar refractivity (Wildman–Crippen MR) is 106 cm³/mol. The van der Waals surface area contributed by atoms with Crippen molar-refractivity contribution < 1.29 is 14.3 Å². The summed E-state index contributed by atoms with van der Waals surface area (Å²) in [4.78, 5) is 28.4. The second-order valence-corrected chi connectivity index (χ2v) is 6.50. The molecule has 4 rings (SSSR count). The van der Waals surface area contributed by atoms with E-state index in [0.29, 0.717) is 12.3 Å². The summed E-state index contributed by atoms with van der Waals surface area (Å²) in [7, 11) is 1.78. The van der Waals surface area contributed by atoms with E-state index in [1.54, 1.807) is 16.8 Å². The maximum atomic E-state index is 12.8. The van der Waals surface area contributed by atoms with E-state index >= 15 is 0 Å². The average molecular weight is 360 g/mol. The number of amides is 2. The molecule has 0 saturated carbocycles. The maximum absolute atomic E-state index is 12.8. The highest BCUT2D eigenvalue weighted by atomic mass is 16.5. The highest BCUT2D eigenvalue weighted by Crippen LogP contribution is 2.32. The highest BCUT2D eigenvalue weighted by molar-refractivity contribution is 6.04. The van der Waals surface area contributed by atoms with E-state index in [1.165, 1.54) is 0 Å². The molecule has 1 aliphatic rings. The van der Waals surface area contributed by atoms with Gasteiger partial charge in [0.2, 0.25) is 5.91 Å². The maximum Gasteiger partial charge on any atom is 0.265 e. The van der Waals surface area contributed by atoms with Crippen LogP contribution < -0.4 is 14.5 Å². The largest absolute Gasteiger partial charge is 0.482 e. The third-order valence-corrected chi connectivity index (χ3v) is 4.86.